The van der Waals surface area contributed by atoms with E-state index < -0.39 is 11.4 Å². The number of nitrogens with zero attached hydrogens (tertiary/aromatic N) is 2. The lowest BCUT2D eigenvalue weighted by atomic mass is 10.0. The lowest BCUT2D eigenvalue weighted by Gasteiger charge is -2.24. The third-order valence-corrected chi connectivity index (χ3v) is 3.87. The van der Waals surface area contributed by atoms with Gasteiger partial charge in [-0.15, -0.1) is 0 Å². The molecule has 0 aliphatic rings. The molecule has 2 rings (SSSR count). The van der Waals surface area contributed by atoms with Crippen LogP contribution >= 0.6 is 11.6 Å². The number of hydrogen-bond donors (Lipinski definition) is 1. The van der Waals surface area contributed by atoms with E-state index in [-0.39, 0.29) is 41.4 Å². The van der Waals surface area contributed by atoms with Crippen LogP contribution in [0.15, 0.2) is 23.1 Å². The summed E-state index contributed by atoms with van der Waals surface area (Å²) in [6.07, 6.45) is 1.43. The molecule has 124 valence electrons. The predicted octanol–water partition coefficient (Wildman–Crippen LogP) is 2.42. The molecule has 0 saturated heterocycles. The van der Waals surface area contributed by atoms with E-state index in [1.54, 1.807) is 23.6 Å². The van der Waals surface area contributed by atoms with E-state index in [9.17, 15) is 14.7 Å². The number of hydrogen-bond acceptors (Lipinski definition) is 5. The van der Waals surface area contributed by atoms with Gasteiger partial charge in [-0.25, -0.2) is 9.78 Å². The van der Waals surface area contributed by atoms with Gasteiger partial charge < -0.3 is 14.4 Å². The van der Waals surface area contributed by atoms with Crippen molar-refractivity contribution < 1.29 is 14.6 Å². The van der Waals surface area contributed by atoms with Gasteiger partial charge in [-0.1, -0.05) is 25.4 Å². The quantitative estimate of drug-likeness (QED) is 0.668. The molecule has 1 N–H and O–H groups in total. The fourth-order valence-electron chi connectivity index (χ4n) is 2.45. The van der Waals surface area contributed by atoms with Crippen LogP contribution in [0.1, 0.15) is 37.2 Å². The Labute approximate surface area is 138 Å². The van der Waals surface area contributed by atoms with Crippen LogP contribution in [0.25, 0.3) is 11.0 Å². The standard InChI is InChI=1S/C16H19ClN2O4/c1-4-23-16(22)10-7-19(12(8-20)9(2)3)11-5-6-13(17)18-14(11)15(10)21/h5-7,9,12,20H,4,8H2,1-3H3. The van der Waals surface area contributed by atoms with Crippen molar-refractivity contribution >= 4 is 28.6 Å². The van der Waals surface area contributed by atoms with E-state index in [0.29, 0.717) is 5.52 Å². The van der Waals surface area contributed by atoms with Crippen LogP contribution < -0.4 is 5.43 Å². The van der Waals surface area contributed by atoms with Crippen molar-refractivity contribution in [2.45, 2.75) is 26.8 Å². The van der Waals surface area contributed by atoms with Gasteiger partial charge in [0, 0.05) is 6.20 Å². The van der Waals surface area contributed by atoms with Gasteiger partial charge in [-0.2, -0.15) is 0 Å². The van der Waals surface area contributed by atoms with E-state index in [4.69, 9.17) is 16.3 Å². The summed E-state index contributed by atoms with van der Waals surface area (Å²) in [5, 5.41) is 9.86. The fraction of sp³-hybridized carbons (Fsp3) is 0.438. The highest BCUT2D eigenvalue weighted by molar-refractivity contribution is 6.29. The zero-order chi connectivity index (χ0) is 17.1. The minimum Gasteiger partial charge on any atom is -0.462 e. The summed E-state index contributed by atoms with van der Waals surface area (Å²) in [5.41, 5.74) is -0.0479. The van der Waals surface area contributed by atoms with Gasteiger partial charge in [0.25, 0.3) is 0 Å². The molecule has 1 unspecified atom stereocenters. The summed E-state index contributed by atoms with van der Waals surface area (Å²) in [6.45, 7) is 5.57. The number of ether oxygens (including phenoxy) is 1. The van der Waals surface area contributed by atoms with Gasteiger partial charge in [0.15, 0.2) is 0 Å². The van der Waals surface area contributed by atoms with Crippen LogP contribution in [0.2, 0.25) is 5.15 Å². The van der Waals surface area contributed by atoms with Gasteiger partial charge in [0.05, 0.1) is 24.8 Å². The number of aromatic nitrogens is 2. The number of carbonyl (C=O) groups is 1. The first-order valence-electron chi connectivity index (χ1n) is 7.40. The average molecular weight is 339 g/mol. The van der Waals surface area contributed by atoms with Crippen molar-refractivity contribution in [3.8, 4) is 0 Å². The van der Waals surface area contributed by atoms with Gasteiger partial charge >= 0.3 is 5.97 Å². The van der Waals surface area contributed by atoms with E-state index in [1.807, 2.05) is 13.8 Å². The van der Waals surface area contributed by atoms with Crippen molar-refractivity contribution in [1.29, 1.82) is 0 Å². The lowest BCUT2D eigenvalue weighted by Crippen LogP contribution is -2.26. The van der Waals surface area contributed by atoms with Crippen molar-refractivity contribution in [2.75, 3.05) is 13.2 Å². The van der Waals surface area contributed by atoms with E-state index in [1.165, 1.54) is 6.20 Å². The lowest BCUT2D eigenvalue weighted by molar-refractivity contribution is 0.0523. The second-order valence-corrected chi connectivity index (χ2v) is 5.88. The Bertz CT molecular complexity index is 785. The molecule has 0 aliphatic carbocycles. The Balaban J connectivity index is 2.82. The molecule has 0 radical (unpaired) electrons. The van der Waals surface area contributed by atoms with E-state index in [2.05, 4.69) is 4.98 Å². The highest BCUT2D eigenvalue weighted by Crippen LogP contribution is 2.23. The van der Waals surface area contributed by atoms with Crippen LogP contribution in [-0.2, 0) is 4.74 Å². The molecule has 0 bridgehead atoms. The number of rotatable bonds is 5. The molecular weight excluding hydrogens is 320 g/mol. The molecular formula is C16H19ClN2O4. The zero-order valence-electron chi connectivity index (χ0n) is 13.2. The minimum absolute atomic E-state index is 0.0800. The molecule has 0 fully saturated rings. The van der Waals surface area contributed by atoms with Crippen molar-refractivity contribution in [1.82, 2.24) is 9.55 Å². The monoisotopic (exact) mass is 338 g/mol. The SMILES string of the molecule is CCOC(=O)c1cn(C(CO)C(C)C)c2ccc(Cl)nc2c1=O. The molecule has 6 nitrogen and oxygen atoms in total. The largest absolute Gasteiger partial charge is 0.462 e. The minimum atomic E-state index is -0.713. The number of esters is 1. The maximum Gasteiger partial charge on any atom is 0.343 e. The van der Waals surface area contributed by atoms with E-state index >= 15 is 0 Å². The summed E-state index contributed by atoms with van der Waals surface area (Å²) in [6, 6.07) is 2.92. The van der Waals surface area contributed by atoms with Gasteiger partial charge in [0.2, 0.25) is 5.43 Å². The average Bonchev–Trinajstić information content (AvgIpc) is 2.50. The number of fused-ring (bicyclic) bond motifs is 1. The fourth-order valence-corrected chi connectivity index (χ4v) is 2.59. The van der Waals surface area contributed by atoms with E-state index in [0.717, 1.165) is 0 Å². The zero-order valence-corrected chi connectivity index (χ0v) is 14.0. The number of aliphatic hydroxyl groups is 1. The molecule has 2 aromatic heterocycles. The second kappa shape index (κ2) is 7.10. The van der Waals surface area contributed by atoms with Gasteiger partial charge in [0.1, 0.15) is 16.2 Å². The van der Waals surface area contributed by atoms with Gasteiger partial charge in [-0.05, 0) is 25.0 Å². The highest BCUT2D eigenvalue weighted by atomic mass is 35.5. The first-order chi connectivity index (χ1) is 10.9. The summed E-state index contributed by atoms with van der Waals surface area (Å²) in [5.74, 6) is -0.633. The van der Waals surface area contributed by atoms with Crippen LogP contribution in [0, 0.1) is 5.92 Å². The smallest absolute Gasteiger partial charge is 0.343 e. The Kier molecular flexibility index (Phi) is 5.38. The molecule has 0 saturated carbocycles. The van der Waals surface area contributed by atoms with Crippen molar-refractivity contribution in [3.63, 3.8) is 0 Å². The summed E-state index contributed by atoms with van der Waals surface area (Å²) in [7, 11) is 0. The molecule has 2 heterocycles. The molecule has 0 aromatic carbocycles. The van der Waals surface area contributed by atoms with Crippen LogP contribution in [0.3, 0.4) is 0 Å². The second-order valence-electron chi connectivity index (χ2n) is 5.50. The number of aliphatic hydroxyl groups excluding tert-OH is 1. The number of pyridine rings is 2. The maximum atomic E-state index is 12.5. The first kappa shape index (κ1) is 17.4. The highest BCUT2D eigenvalue weighted by Gasteiger charge is 2.22. The Morgan fingerprint density at radius 3 is 2.70 bits per heavy atom. The van der Waals surface area contributed by atoms with Crippen LogP contribution in [0.5, 0.6) is 0 Å². The predicted molar refractivity (Wildman–Crippen MR) is 87.9 cm³/mol. The Morgan fingerprint density at radius 2 is 2.13 bits per heavy atom. The third kappa shape index (κ3) is 3.38. The van der Waals surface area contributed by atoms with Crippen LogP contribution in [0.4, 0.5) is 0 Å². The maximum absolute atomic E-state index is 12.5. The third-order valence-electron chi connectivity index (χ3n) is 3.66. The van der Waals surface area contributed by atoms with Crippen molar-refractivity contribution in [3.05, 3.63) is 39.3 Å². The van der Waals surface area contributed by atoms with Crippen molar-refractivity contribution in [2.24, 2.45) is 5.92 Å². The van der Waals surface area contributed by atoms with Crippen LogP contribution in [-0.4, -0.2) is 33.8 Å². The molecule has 1 atom stereocenters. The normalized spacial score (nSPS) is 12.6. The van der Waals surface area contributed by atoms with Gasteiger partial charge in [-0.3, -0.25) is 4.79 Å². The molecule has 23 heavy (non-hydrogen) atoms. The summed E-state index contributed by atoms with van der Waals surface area (Å²) < 4.78 is 6.63. The summed E-state index contributed by atoms with van der Waals surface area (Å²) in [4.78, 5) is 28.7. The molecule has 0 aliphatic heterocycles. The number of halogens is 1. The molecule has 7 heteroatoms. The summed E-state index contributed by atoms with van der Waals surface area (Å²) >= 11 is 5.89. The molecule has 0 amide bonds. The topological polar surface area (TPSA) is 81.4 Å². The molecule has 2 aromatic rings. The Hall–Kier alpha value is -1.92. The molecule has 0 spiro atoms. The number of carbonyl (C=O) groups excluding carboxylic acids is 1. The first-order valence-corrected chi connectivity index (χ1v) is 7.77. The Morgan fingerprint density at radius 1 is 1.43 bits per heavy atom.